The van der Waals surface area contributed by atoms with Crippen molar-refractivity contribution in [2.45, 2.75) is 12.0 Å². The minimum atomic E-state index is -0.789. The summed E-state index contributed by atoms with van der Waals surface area (Å²) in [6.07, 6.45) is 2.35. The van der Waals surface area contributed by atoms with Gasteiger partial charge in [-0.25, -0.2) is 0 Å². The van der Waals surface area contributed by atoms with E-state index in [4.69, 9.17) is 4.74 Å². The van der Waals surface area contributed by atoms with Crippen LogP contribution in [0.5, 0.6) is 5.75 Å². The van der Waals surface area contributed by atoms with Crippen molar-refractivity contribution in [2.24, 2.45) is 0 Å². The summed E-state index contributed by atoms with van der Waals surface area (Å²) in [5.74, 6) is 0.573. The number of ether oxygens (including phenoxy) is 1. The van der Waals surface area contributed by atoms with Crippen LogP contribution >= 0.6 is 0 Å². The van der Waals surface area contributed by atoms with E-state index in [0.717, 1.165) is 16.9 Å². The molecule has 0 radical (unpaired) electrons. The van der Waals surface area contributed by atoms with Crippen molar-refractivity contribution < 1.29 is 9.53 Å². The number of hydrogen-bond acceptors (Lipinski definition) is 2. The predicted octanol–water partition coefficient (Wildman–Crippen LogP) is 4.94. The molecular weight excluding hydrogens is 334 g/mol. The predicted molar refractivity (Wildman–Crippen MR) is 109 cm³/mol. The molecule has 1 amide bonds. The maximum Gasteiger partial charge on any atom is 0.252 e. The van der Waals surface area contributed by atoms with Crippen molar-refractivity contribution in [1.82, 2.24) is 5.32 Å². The molecule has 0 fully saturated rings. The second-order valence-electron chi connectivity index (χ2n) is 6.28. The van der Waals surface area contributed by atoms with Crippen LogP contribution in [0, 0.1) is 0 Å². The van der Waals surface area contributed by atoms with Gasteiger partial charge in [0.15, 0.2) is 0 Å². The fourth-order valence-electron chi connectivity index (χ4n) is 3.37. The molecule has 0 bridgehead atoms. The van der Waals surface area contributed by atoms with Crippen LogP contribution in [0.3, 0.4) is 0 Å². The standard InChI is InChI=1S/C24H23NO2/c1-3-18-24(20-14-8-5-9-15-20,21-16-10-11-17-22(21)27-2)25-23(26)19-12-6-4-7-13-19/h3-17H,1,18H2,2H3,(H,25,26). The molecular formula is C24H23NO2. The zero-order chi connectivity index (χ0) is 19.1. The van der Waals surface area contributed by atoms with Crippen LogP contribution in [0.15, 0.2) is 97.6 Å². The van der Waals surface area contributed by atoms with Gasteiger partial charge in [0, 0.05) is 11.1 Å². The Balaban J connectivity index is 2.18. The van der Waals surface area contributed by atoms with E-state index in [1.165, 1.54) is 0 Å². The van der Waals surface area contributed by atoms with Crippen LogP contribution in [0.4, 0.5) is 0 Å². The molecule has 0 aliphatic carbocycles. The largest absolute Gasteiger partial charge is 0.496 e. The summed E-state index contributed by atoms with van der Waals surface area (Å²) >= 11 is 0. The zero-order valence-corrected chi connectivity index (χ0v) is 15.4. The highest BCUT2D eigenvalue weighted by atomic mass is 16.5. The monoisotopic (exact) mass is 357 g/mol. The highest BCUT2D eigenvalue weighted by Crippen LogP contribution is 2.39. The van der Waals surface area contributed by atoms with Gasteiger partial charge in [-0.3, -0.25) is 4.79 Å². The van der Waals surface area contributed by atoms with Gasteiger partial charge in [-0.05, 0) is 30.2 Å². The lowest BCUT2D eigenvalue weighted by molar-refractivity contribution is 0.0912. The SMILES string of the molecule is C=CCC(NC(=O)c1ccccc1)(c1ccccc1)c1ccccc1OC. The van der Waals surface area contributed by atoms with E-state index in [0.29, 0.717) is 12.0 Å². The van der Waals surface area contributed by atoms with Gasteiger partial charge in [0.25, 0.3) is 5.91 Å². The summed E-state index contributed by atoms with van der Waals surface area (Å²) in [4.78, 5) is 13.1. The number of para-hydroxylation sites is 1. The van der Waals surface area contributed by atoms with E-state index in [-0.39, 0.29) is 5.91 Å². The fraction of sp³-hybridized carbons (Fsp3) is 0.125. The van der Waals surface area contributed by atoms with Gasteiger partial charge >= 0.3 is 0 Å². The lowest BCUT2D eigenvalue weighted by Crippen LogP contribution is -2.46. The molecule has 0 aromatic heterocycles. The highest BCUT2D eigenvalue weighted by Gasteiger charge is 2.37. The second-order valence-corrected chi connectivity index (χ2v) is 6.28. The first-order valence-electron chi connectivity index (χ1n) is 8.89. The van der Waals surface area contributed by atoms with Crippen LogP contribution in [0.25, 0.3) is 0 Å². The van der Waals surface area contributed by atoms with Gasteiger partial charge in [-0.1, -0.05) is 72.8 Å². The Labute approximate surface area is 160 Å². The van der Waals surface area contributed by atoms with E-state index < -0.39 is 5.54 Å². The number of carbonyl (C=O) groups excluding carboxylic acids is 1. The van der Waals surface area contributed by atoms with Crippen molar-refractivity contribution in [2.75, 3.05) is 7.11 Å². The Morgan fingerprint density at radius 2 is 1.56 bits per heavy atom. The minimum absolute atomic E-state index is 0.146. The molecule has 27 heavy (non-hydrogen) atoms. The first kappa shape index (κ1) is 18.5. The van der Waals surface area contributed by atoms with E-state index >= 15 is 0 Å². The lowest BCUT2D eigenvalue weighted by Gasteiger charge is -2.36. The summed E-state index contributed by atoms with van der Waals surface area (Å²) in [5.41, 5.74) is 1.68. The molecule has 1 N–H and O–H groups in total. The van der Waals surface area contributed by atoms with Gasteiger partial charge in [-0.15, -0.1) is 6.58 Å². The number of methoxy groups -OCH3 is 1. The number of amides is 1. The zero-order valence-electron chi connectivity index (χ0n) is 15.4. The van der Waals surface area contributed by atoms with Gasteiger partial charge in [0.2, 0.25) is 0 Å². The lowest BCUT2D eigenvalue weighted by atomic mass is 9.79. The van der Waals surface area contributed by atoms with Gasteiger partial charge < -0.3 is 10.1 Å². The van der Waals surface area contributed by atoms with E-state index in [1.807, 2.05) is 78.9 Å². The maximum absolute atomic E-state index is 13.1. The molecule has 0 aliphatic heterocycles. The third-order valence-electron chi connectivity index (χ3n) is 4.65. The van der Waals surface area contributed by atoms with Crippen molar-refractivity contribution in [1.29, 1.82) is 0 Å². The maximum atomic E-state index is 13.1. The number of hydrogen-bond donors (Lipinski definition) is 1. The molecule has 1 unspecified atom stereocenters. The molecule has 3 nitrogen and oxygen atoms in total. The van der Waals surface area contributed by atoms with E-state index in [9.17, 15) is 4.79 Å². The molecule has 3 aromatic carbocycles. The van der Waals surface area contributed by atoms with Crippen LogP contribution < -0.4 is 10.1 Å². The third kappa shape index (κ3) is 3.77. The van der Waals surface area contributed by atoms with Crippen LogP contribution in [-0.2, 0) is 5.54 Å². The molecule has 0 aliphatic rings. The van der Waals surface area contributed by atoms with E-state index in [2.05, 4.69) is 11.9 Å². The van der Waals surface area contributed by atoms with Crippen LogP contribution in [0.1, 0.15) is 27.9 Å². The molecule has 3 rings (SSSR count). The summed E-state index contributed by atoms with van der Waals surface area (Å²) in [5, 5.41) is 3.26. The Hall–Kier alpha value is -3.33. The Morgan fingerprint density at radius 3 is 2.19 bits per heavy atom. The number of rotatable bonds is 7. The topological polar surface area (TPSA) is 38.3 Å². The molecule has 1 atom stereocenters. The van der Waals surface area contributed by atoms with Gasteiger partial charge in [-0.2, -0.15) is 0 Å². The molecule has 0 saturated carbocycles. The molecule has 0 heterocycles. The van der Waals surface area contributed by atoms with E-state index in [1.54, 1.807) is 19.2 Å². The smallest absolute Gasteiger partial charge is 0.252 e. The Morgan fingerprint density at radius 1 is 0.963 bits per heavy atom. The molecule has 0 saturated heterocycles. The summed E-state index contributed by atoms with van der Waals surface area (Å²) in [6.45, 7) is 3.94. The van der Waals surface area contributed by atoms with Crippen molar-refractivity contribution >= 4 is 5.91 Å². The van der Waals surface area contributed by atoms with Crippen molar-refractivity contribution in [3.05, 3.63) is 114 Å². The normalized spacial score (nSPS) is 12.6. The Kier molecular flexibility index (Phi) is 5.72. The number of nitrogens with one attached hydrogen (secondary N) is 1. The quantitative estimate of drug-likeness (QED) is 0.608. The number of carbonyl (C=O) groups is 1. The summed E-state index contributed by atoms with van der Waals surface area (Å²) in [7, 11) is 1.64. The minimum Gasteiger partial charge on any atom is -0.496 e. The van der Waals surface area contributed by atoms with Crippen LogP contribution in [0.2, 0.25) is 0 Å². The average Bonchev–Trinajstić information content (AvgIpc) is 2.74. The summed E-state index contributed by atoms with van der Waals surface area (Å²) in [6, 6.07) is 26.9. The van der Waals surface area contributed by atoms with Gasteiger partial charge in [0.1, 0.15) is 5.75 Å². The second kappa shape index (κ2) is 8.37. The molecule has 136 valence electrons. The first-order valence-corrected chi connectivity index (χ1v) is 8.89. The highest BCUT2D eigenvalue weighted by molar-refractivity contribution is 5.95. The van der Waals surface area contributed by atoms with Crippen molar-refractivity contribution in [3.63, 3.8) is 0 Å². The third-order valence-corrected chi connectivity index (χ3v) is 4.65. The van der Waals surface area contributed by atoms with Crippen LogP contribution in [-0.4, -0.2) is 13.0 Å². The average molecular weight is 357 g/mol. The number of benzene rings is 3. The van der Waals surface area contributed by atoms with Gasteiger partial charge in [0.05, 0.1) is 12.6 Å². The molecule has 3 aromatic rings. The molecule has 3 heteroatoms. The summed E-state index contributed by atoms with van der Waals surface area (Å²) < 4.78 is 5.62. The Bertz CT molecular complexity index is 906. The molecule has 0 spiro atoms. The fourth-order valence-corrected chi connectivity index (χ4v) is 3.37. The first-order chi connectivity index (χ1) is 13.2. The van der Waals surface area contributed by atoms with Crippen molar-refractivity contribution in [3.8, 4) is 5.75 Å².